The van der Waals surface area contributed by atoms with Crippen LogP contribution in [0.3, 0.4) is 0 Å². The Morgan fingerprint density at radius 2 is 2.08 bits per heavy atom. The van der Waals surface area contributed by atoms with Gasteiger partial charge in [-0.2, -0.15) is 5.10 Å². The van der Waals surface area contributed by atoms with Crippen molar-refractivity contribution in [1.82, 2.24) is 15.1 Å². The number of para-hydroxylation sites is 1. The summed E-state index contributed by atoms with van der Waals surface area (Å²) in [6.45, 7) is 6.64. The highest BCUT2D eigenvalue weighted by Gasteiger charge is 2.30. The number of thiophene rings is 1. The molecule has 6 heteroatoms. The molecular formula is C20H22N4OS. The van der Waals surface area contributed by atoms with Crippen molar-refractivity contribution < 1.29 is 4.79 Å². The molecule has 0 aliphatic carbocycles. The zero-order valence-corrected chi connectivity index (χ0v) is 15.8. The molecule has 1 unspecified atom stereocenters. The number of nitrogens with one attached hydrogen (secondary N) is 1. The van der Waals surface area contributed by atoms with Gasteiger partial charge in [0.25, 0.3) is 5.91 Å². The van der Waals surface area contributed by atoms with Crippen molar-refractivity contribution in [2.75, 3.05) is 24.5 Å². The van der Waals surface area contributed by atoms with Gasteiger partial charge in [-0.25, -0.2) is 0 Å². The van der Waals surface area contributed by atoms with Crippen molar-refractivity contribution in [3.05, 3.63) is 59.1 Å². The molecule has 3 aromatic rings. The summed E-state index contributed by atoms with van der Waals surface area (Å²) in [5, 5.41) is 9.11. The molecular weight excluding hydrogens is 344 g/mol. The lowest BCUT2D eigenvalue weighted by atomic mass is 10.1. The monoisotopic (exact) mass is 366 g/mol. The molecule has 2 aromatic heterocycles. The number of hydrogen-bond acceptors (Lipinski definition) is 4. The Kier molecular flexibility index (Phi) is 4.51. The third-order valence-electron chi connectivity index (χ3n) is 4.98. The third-order valence-corrected chi connectivity index (χ3v) is 5.87. The summed E-state index contributed by atoms with van der Waals surface area (Å²) >= 11 is 1.61. The molecule has 134 valence electrons. The Bertz CT molecular complexity index is 902. The fraction of sp³-hybridized carbons (Fsp3) is 0.300. The Hall–Kier alpha value is -2.60. The smallest absolute Gasteiger partial charge is 0.258 e. The number of aryl methyl sites for hydroxylation is 1. The van der Waals surface area contributed by atoms with Crippen molar-refractivity contribution in [3.63, 3.8) is 0 Å². The van der Waals surface area contributed by atoms with Gasteiger partial charge in [0.05, 0.1) is 22.3 Å². The van der Waals surface area contributed by atoms with Crippen LogP contribution in [-0.2, 0) is 0 Å². The van der Waals surface area contributed by atoms with Crippen molar-refractivity contribution >= 4 is 22.9 Å². The van der Waals surface area contributed by atoms with E-state index in [1.54, 1.807) is 17.5 Å². The number of carbonyl (C=O) groups excluding carboxylic acids is 1. The minimum absolute atomic E-state index is 0.0547. The summed E-state index contributed by atoms with van der Waals surface area (Å²) in [7, 11) is 0. The SMILES string of the molecule is Cc1ccccc1N1CCN(C(=O)c2cn[nH]c2-c2cccs2)C(C)C1. The molecule has 1 aliphatic rings. The van der Waals surface area contributed by atoms with E-state index in [-0.39, 0.29) is 11.9 Å². The molecule has 5 nitrogen and oxygen atoms in total. The minimum atomic E-state index is 0.0547. The fourth-order valence-corrected chi connectivity index (χ4v) is 4.34. The molecule has 1 fully saturated rings. The number of rotatable bonds is 3. The van der Waals surface area contributed by atoms with Gasteiger partial charge in [-0.1, -0.05) is 24.3 Å². The van der Waals surface area contributed by atoms with Crippen LogP contribution in [0.4, 0.5) is 5.69 Å². The average molecular weight is 366 g/mol. The first-order valence-electron chi connectivity index (χ1n) is 8.84. The van der Waals surface area contributed by atoms with Crippen LogP contribution in [0.2, 0.25) is 0 Å². The molecule has 26 heavy (non-hydrogen) atoms. The van der Waals surface area contributed by atoms with Crippen LogP contribution >= 0.6 is 11.3 Å². The molecule has 4 rings (SSSR count). The molecule has 1 aromatic carbocycles. The van der Waals surface area contributed by atoms with E-state index < -0.39 is 0 Å². The molecule has 1 saturated heterocycles. The Balaban J connectivity index is 1.53. The molecule has 1 amide bonds. The Morgan fingerprint density at radius 1 is 1.23 bits per heavy atom. The predicted molar refractivity (Wildman–Crippen MR) is 106 cm³/mol. The lowest BCUT2D eigenvalue weighted by Crippen LogP contribution is -2.54. The van der Waals surface area contributed by atoms with Crippen molar-refractivity contribution in [2.24, 2.45) is 0 Å². The lowest BCUT2D eigenvalue weighted by molar-refractivity contribution is 0.0675. The number of anilines is 1. The van der Waals surface area contributed by atoms with Crippen LogP contribution in [0.5, 0.6) is 0 Å². The van der Waals surface area contributed by atoms with Crippen LogP contribution < -0.4 is 4.90 Å². The summed E-state index contributed by atoms with van der Waals surface area (Å²) in [5.74, 6) is 0.0547. The number of H-pyrrole nitrogens is 1. The van der Waals surface area contributed by atoms with E-state index in [0.717, 1.165) is 23.7 Å². The molecule has 1 N–H and O–H groups in total. The topological polar surface area (TPSA) is 52.2 Å². The molecule has 0 radical (unpaired) electrons. The van der Waals surface area contributed by atoms with Gasteiger partial charge in [0.1, 0.15) is 0 Å². The van der Waals surface area contributed by atoms with E-state index in [2.05, 4.69) is 53.2 Å². The number of benzene rings is 1. The molecule has 1 aliphatic heterocycles. The van der Waals surface area contributed by atoms with Crippen LogP contribution in [0.25, 0.3) is 10.6 Å². The normalized spacial score (nSPS) is 17.5. The van der Waals surface area contributed by atoms with E-state index in [0.29, 0.717) is 12.1 Å². The van der Waals surface area contributed by atoms with Gasteiger partial charge in [0.2, 0.25) is 0 Å². The van der Waals surface area contributed by atoms with E-state index >= 15 is 0 Å². The van der Waals surface area contributed by atoms with Gasteiger partial charge in [0, 0.05) is 31.4 Å². The standard InChI is InChI=1S/C20H22N4OS/c1-14-6-3-4-7-17(14)23-9-10-24(15(2)13-23)20(25)16-12-21-22-19(16)18-8-5-11-26-18/h3-8,11-12,15H,9-10,13H2,1-2H3,(H,21,22). The number of hydrogen-bond donors (Lipinski definition) is 1. The fourth-order valence-electron chi connectivity index (χ4n) is 3.61. The van der Waals surface area contributed by atoms with Crippen molar-refractivity contribution in [1.29, 1.82) is 0 Å². The summed E-state index contributed by atoms with van der Waals surface area (Å²) in [6, 6.07) is 12.6. The Morgan fingerprint density at radius 3 is 2.81 bits per heavy atom. The molecule has 1 atom stereocenters. The second kappa shape index (κ2) is 6.96. The highest BCUT2D eigenvalue weighted by atomic mass is 32.1. The van der Waals surface area contributed by atoms with Crippen LogP contribution in [-0.4, -0.2) is 46.7 Å². The van der Waals surface area contributed by atoms with Gasteiger partial charge in [-0.05, 0) is 36.9 Å². The molecule has 0 spiro atoms. The maximum absolute atomic E-state index is 13.1. The van der Waals surface area contributed by atoms with Gasteiger partial charge in [-0.3, -0.25) is 9.89 Å². The second-order valence-corrected chi connectivity index (χ2v) is 7.66. The van der Waals surface area contributed by atoms with E-state index in [9.17, 15) is 4.79 Å². The van der Waals surface area contributed by atoms with Crippen molar-refractivity contribution in [3.8, 4) is 10.6 Å². The van der Waals surface area contributed by atoms with Gasteiger partial charge < -0.3 is 9.80 Å². The van der Waals surface area contributed by atoms with Crippen LogP contribution in [0, 0.1) is 6.92 Å². The van der Waals surface area contributed by atoms with E-state index in [1.165, 1.54) is 11.3 Å². The maximum atomic E-state index is 13.1. The first-order valence-corrected chi connectivity index (χ1v) is 9.72. The highest BCUT2D eigenvalue weighted by Crippen LogP contribution is 2.28. The van der Waals surface area contributed by atoms with Gasteiger partial charge in [-0.15, -0.1) is 11.3 Å². The number of amides is 1. The number of piperazine rings is 1. The van der Waals surface area contributed by atoms with Gasteiger partial charge in [0.15, 0.2) is 0 Å². The van der Waals surface area contributed by atoms with Crippen molar-refractivity contribution in [2.45, 2.75) is 19.9 Å². The number of aromatic amines is 1. The largest absolute Gasteiger partial charge is 0.367 e. The third kappa shape index (κ3) is 3.01. The molecule has 0 saturated carbocycles. The van der Waals surface area contributed by atoms with E-state index in [1.807, 2.05) is 22.4 Å². The quantitative estimate of drug-likeness (QED) is 0.767. The zero-order valence-electron chi connectivity index (χ0n) is 15.0. The molecule has 0 bridgehead atoms. The maximum Gasteiger partial charge on any atom is 0.258 e. The number of nitrogens with zero attached hydrogens (tertiary/aromatic N) is 3. The summed E-state index contributed by atoms with van der Waals surface area (Å²) in [6.07, 6.45) is 1.65. The molecule has 3 heterocycles. The Labute approximate surface area is 157 Å². The number of aromatic nitrogens is 2. The van der Waals surface area contributed by atoms with Crippen LogP contribution in [0.1, 0.15) is 22.8 Å². The zero-order chi connectivity index (χ0) is 18.1. The summed E-state index contributed by atoms with van der Waals surface area (Å²) in [5.41, 5.74) is 4.01. The minimum Gasteiger partial charge on any atom is -0.367 e. The number of carbonyl (C=O) groups is 1. The predicted octanol–water partition coefficient (Wildman–Crippen LogP) is 3.80. The first kappa shape index (κ1) is 16.8. The highest BCUT2D eigenvalue weighted by molar-refractivity contribution is 7.13. The second-order valence-electron chi connectivity index (χ2n) is 6.72. The first-order chi connectivity index (χ1) is 12.6. The lowest BCUT2D eigenvalue weighted by Gasteiger charge is -2.41. The summed E-state index contributed by atoms with van der Waals surface area (Å²) < 4.78 is 0. The van der Waals surface area contributed by atoms with E-state index in [4.69, 9.17) is 0 Å². The summed E-state index contributed by atoms with van der Waals surface area (Å²) in [4.78, 5) is 18.5. The van der Waals surface area contributed by atoms with Crippen LogP contribution in [0.15, 0.2) is 48.0 Å². The average Bonchev–Trinajstić information content (AvgIpc) is 3.32. The van der Waals surface area contributed by atoms with Gasteiger partial charge >= 0.3 is 0 Å².